The Morgan fingerprint density at radius 3 is 2.38 bits per heavy atom. The van der Waals surface area contributed by atoms with E-state index in [0.29, 0.717) is 4.47 Å². The summed E-state index contributed by atoms with van der Waals surface area (Å²) in [6.45, 7) is 3.86. The van der Waals surface area contributed by atoms with E-state index in [0.717, 1.165) is 25.0 Å². The highest BCUT2D eigenvalue weighted by atomic mass is 79.9. The van der Waals surface area contributed by atoms with E-state index in [1.807, 2.05) is 13.8 Å². The first kappa shape index (κ1) is 17.8. The fraction of sp³-hybridized carbons (Fsp3) is 0.500. The fourth-order valence-corrected chi connectivity index (χ4v) is 2.30. The van der Waals surface area contributed by atoms with Crippen LogP contribution in [0.25, 0.3) is 0 Å². The molecule has 1 rings (SSSR count). The summed E-state index contributed by atoms with van der Waals surface area (Å²) in [6, 6.07) is 3.57. The van der Waals surface area contributed by atoms with Gasteiger partial charge in [0, 0.05) is 16.2 Å². The van der Waals surface area contributed by atoms with Crippen LogP contribution in [-0.4, -0.2) is 18.5 Å². The highest BCUT2D eigenvalue weighted by molar-refractivity contribution is 9.10. The lowest BCUT2D eigenvalue weighted by Gasteiger charge is -2.16. The van der Waals surface area contributed by atoms with Crippen LogP contribution in [0.2, 0.25) is 0 Å². The van der Waals surface area contributed by atoms with Crippen molar-refractivity contribution in [3.8, 4) is 0 Å². The number of nitrogens with one attached hydrogen (secondary N) is 2. The third-order valence-electron chi connectivity index (χ3n) is 3.03. The Morgan fingerprint density at radius 2 is 1.86 bits per heavy atom. The lowest BCUT2D eigenvalue weighted by atomic mass is 10.1. The van der Waals surface area contributed by atoms with Crippen LogP contribution in [-0.2, 0) is 11.0 Å². The number of hydrogen-bond donors (Lipinski definition) is 2. The zero-order chi connectivity index (χ0) is 16.0. The van der Waals surface area contributed by atoms with Crippen molar-refractivity contribution in [2.24, 2.45) is 0 Å². The van der Waals surface area contributed by atoms with Gasteiger partial charge in [0.15, 0.2) is 0 Å². The number of rotatable bonds is 6. The second-order valence-corrected chi connectivity index (χ2v) is 5.58. The smallest absolute Gasteiger partial charge is 0.376 e. The van der Waals surface area contributed by atoms with Gasteiger partial charge in [-0.1, -0.05) is 29.8 Å². The van der Waals surface area contributed by atoms with Crippen LogP contribution < -0.4 is 10.6 Å². The molecule has 0 aliphatic heterocycles. The van der Waals surface area contributed by atoms with Gasteiger partial charge in [-0.15, -0.1) is 0 Å². The van der Waals surface area contributed by atoms with Crippen molar-refractivity contribution in [3.63, 3.8) is 0 Å². The van der Waals surface area contributed by atoms with Crippen molar-refractivity contribution in [2.45, 2.75) is 38.9 Å². The maximum absolute atomic E-state index is 12.7. The normalized spacial score (nSPS) is 11.6. The summed E-state index contributed by atoms with van der Waals surface area (Å²) in [6.07, 6.45) is -2.79. The van der Waals surface area contributed by atoms with Crippen LogP contribution >= 0.6 is 15.9 Å². The zero-order valence-electron chi connectivity index (χ0n) is 11.9. The minimum absolute atomic E-state index is 0.0652. The maximum Gasteiger partial charge on any atom is 0.416 e. The quantitative estimate of drug-likeness (QED) is 0.792. The molecule has 0 radical (unpaired) electrons. The molecule has 1 aromatic rings. The second kappa shape index (κ2) is 7.68. The van der Waals surface area contributed by atoms with Gasteiger partial charge in [-0.05, 0) is 31.0 Å². The Balaban J connectivity index is 2.67. The molecule has 118 valence electrons. The molecule has 0 unspecified atom stereocenters. The SMILES string of the molecule is CCC(CC)NC(=O)CNc1cc(Br)cc(C(F)(F)F)c1. The molecule has 0 saturated heterocycles. The summed E-state index contributed by atoms with van der Waals surface area (Å²) in [4.78, 5) is 11.7. The van der Waals surface area contributed by atoms with E-state index in [9.17, 15) is 18.0 Å². The largest absolute Gasteiger partial charge is 0.416 e. The predicted octanol–water partition coefficient (Wildman–Crippen LogP) is 4.18. The molecule has 0 atom stereocenters. The van der Waals surface area contributed by atoms with Crippen LogP contribution in [0.4, 0.5) is 18.9 Å². The third-order valence-corrected chi connectivity index (χ3v) is 3.49. The molecule has 1 amide bonds. The third kappa shape index (κ3) is 5.95. The van der Waals surface area contributed by atoms with Crippen molar-refractivity contribution in [3.05, 3.63) is 28.2 Å². The number of benzene rings is 1. The lowest BCUT2D eigenvalue weighted by Crippen LogP contribution is -2.37. The molecule has 0 heterocycles. The molecular weight excluding hydrogens is 349 g/mol. The van der Waals surface area contributed by atoms with E-state index < -0.39 is 11.7 Å². The summed E-state index contributed by atoms with van der Waals surface area (Å²) >= 11 is 3.03. The van der Waals surface area contributed by atoms with Crippen molar-refractivity contribution in [2.75, 3.05) is 11.9 Å². The van der Waals surface area contributed by atoms with E-state index in [1.54, 1.807) is 0 Å². The molecule has 0 aliphatic carbocycles. The summed E-state index contributed by atoms with van der Waals surface area (Å²) in [5.41, 5.74) is -0.517. The van der Waals surface area contributed by atoms with E-state index in [1.165, 1.54) is 6.07 Å². The lowest BCUT2D eigenvalue weighted by molar-refractivity contribution is -0.137. The average Bonchev–Trinajstić information content (AvgIpc) is 2.41. The monoisotopic (exact) mass is 366 g/mol. The molecule has 2 N–H and O–H groups in total. The summed E-state index contributed by atoms with van der Waals surface area (Å²) in [5.74, 6) is -0.239. The van der Waals surface area contributed by atoms with E-state index in [4.69, 9.17) is 0 Å². The first-order chi connectivity index (χ1) is 9.76. The molecule has 0 spiro atoms. The van der Waals surface area contributed by atoms with Crippen LogP contribution in [0.1, 0.15) is 32.3 Å². The molecule has 0 fully saturated rings. The van der Waals surface area contributed by atoms with Crippen molar-refractivity contribution in [1.29, 1.82) is 0 Å². The van der Waals surface area contributed by atoms with Gasteiger partial charge in [0.1, 0.15) is 0 Å². The van der Waals surface area contributed by atoms with E-state index >= 15 is 0 Å². The molecule has 0 aliphatic rings. The fourth-order valence-electron chi connectivity index (χ4n) is 1.81. The van der Waals surface area contributed by atoms with E-state index in [-0.39, 0.29) is 24.2 Å². The molecule has 0 saturated carbocycles. The van der Waals surface area contributed by atoms with Crippen LogP contribution in [0.3, 0.4) is 0 Å². The Kier molecular flexibility index (Phi) is 6.51. The average molecular weight is 367 g/mol. The molecular formula is C14H18BrF3N2O. The van der Waals surface area contributed by atoms with E-state index in [2.05, 4.69) is 26.6 Å². The van der Waals surface area contributed by atoms with Gasteiger partial charge in [-0.3, -0.25) is 4.79 Å². The van der Waals surface area contributed by atoms with Gasteiger partial charge in [0.25, 0.3) is 0 Å². The summed E-state index contributed by atoms with van der Waals surface area (Å²) < 4.78 is 38.4. The Hall–Kier alpha value is -1.24. The molecule has 21 heavy (non-hydrogen) atoms. The van der Waals surface area contributed by atoms with Crippen LogP contribution in [0, 0.1) is 0 Å². The van der Waals surface area contributed by atoms with Gasteiger partial charge in [0.2, 0.25) is 5.91 Å². The standard InChI is InChI=1S/C14H18BrF3N2O/c1-3-11(4-2)20-13(21)8-19-12-6-9(14(16,17)18)5-10(15)7-12/h5-7,11,19H,3-4,8H2,1-2H3,(H,20,21). The van der Waals surface area contributed by atoms with Gasteiger partial charge < -0.3 is 10.6 Å². The molecule has 3 nitrogen and oxygen atoms in total. The summed E-state index contributed by atoms with van der Waals surface area (Å²) in [5, 5.41) is 5.52. The first-order valence-corrected chi connectivity index (χ1v) is 7.46. The Morgan fingerprint density at radius 1 is 1.24 bits per heavy atom. The Bertz CT molecular complexity index is 488. The minimum Gasteiger partial charge on any atom is -0.376 e. The van der Waals surface area contributed by atoms with Crippen molar-refractivity contribution < 1.29 is 18.0 Å². The molecule has 0 aromatic heterocycles. The Labute approximate surface area is 130 Å². The van der Waals surface area contributed by atoms with Crippen LogP contribution in [0.5, 0.6) is 0 Å². The highest BCUT2D eigenvalue weighted by Gasteiger charge is 2.31. The number of hydrogen-bond acceptors (Lipinski definition) is 2. The second-order valence-electron chi connectivity index (χ2n) is 4.66. The zero-order valence-corrected chi connectivity index (χ0v) is 13.4. The van der Waals surface area contributed by atoms with Crippen molar-refractivity contribution >= 4 is 27.5 Å². The number of anilines is 1. The highest BCUT2D eigenvalue weighted by Crippen LogP contribution is 2.33. The number of amides is 1. The number of halogens is 4. The van der Waals surface area contributed by atoms with Crippen molar-refractivity contribution in [1.82, 2.24) is 5.32 Å². The molecule has 0 bridgehead atoms. The molecule has 1 aromatic carbocycles. The minimum atomic E-state index is -4.42. The van der Waals surface area contributed by atoms with Gasteiger partial charge in [-0.2, -0.15) is 13.2 Å². The van der Waals surface area contributed by atoms with Gasteiger partial charge in [-0.25, -0.2) is 0 Å². The van der Waals surface area contributed by atoms with Gasteiger partial charge in [0.05, 0.1) is 12.1 Å². The first-order valence-electron chi connectivity index (χ1n) is 6.67. The van der Waals surface area contributed by atoms with Gasteiger partial charge >= 0.3 is 6.18 Å². The number of alkyl halides is 3. The summed E-state index contributed by atoms with van der Waals surface area (Å²) in [7, 11) is 0. The molecule has 7 heteroatoms. The van der Waals surface area contributed by atoms with Crippen LogP contribution in [0.15, 0.2) is 22.7 Å². The maximum atomic E-state index is 12.7. The number of carbonyl (C=O) groups is 1. The number of carbonyl (C=O) groups excluding carboxylic acids is 1. The predicted molar refractivity (Wildman–Crippen MR) is 80.1 cm³/mol. The topological polar surface area (TPSA) is 41.1 Å².